The van der Waals surface area contributed by atoms with E-state index in [4.69, 9.17) is 0 Å². The van der Waals surface area contributed by atoms with E-state index in [9.17, 15) is 4.79 Å². The van der Waals surface area contributed by atoms with Gasteiger partial charge in [-0.15, -0.1) is 11.3 Å². The average Bonchev–Trinajstić information content (AvgIpc) is 2.97. The zero-order valence-electron chi connectivity index (χ0n) is 12.8. The van der Waals surface area contributed by atoms with Gasteiger partial charge in [0.15, 0.2) is 5.78 Å². The first-order chi connectivity index (χ1) is 10.1. The molecule has 3 nitrogen and oxygen atoms in total. The van der Waals surface area contributed by atoms with E-state index in [-0.39, 0.29) is 5.78 Å². The largest absolute Gasteiger partial charge is 0.308 e. The zero-order chi connectivity index (χ0) is 15.2. The molecular weight excluding hydrogens is 280 g/mol. The number of thiophene rings is 1. The second-order valence-corrected chi connectivity index (χ2v) is 6.39. The number of ketones is 1. The first-order valence-corrected chi connectivity index (χ1v) is 7.96. The van der Waals surface area contributed by atoms with Gasteiger partial charge in [-0.25, -0.2) is 0 Å². The van der Waals surface area contributed by atoms with E-state index >= 15 is 0 Å². The van der Waals surface area contributed by atoms with E-state index in [1.54, 1.807) is 11.3 Å². The van der Waals surface area contributed by atoms with Crippen LogP contribution in [0.5, 0.6) is 0 Å². The lowest BCUT2D eigenvalue weighted by Crippen LogP contribution is -2.33. The van der Waals surface area contributed by atoms with Crippen molar-refractivity contribution in [2.24, 2.45) is 0 Å². The van der Waals surface area contributed by atoms with Gasteiger partial charge in [0, 0.05) is 17.0 Å². The molecule has 1 aromatic carbocycles. The fourth-order valence-electron chi connectivity index (χ4n) is 2.18. The van der Waals surface area contributed by atoms with Gasteiger partial charge in [-0.2, -0.15) is 0 Å². The molecule has 112 valence electrons. The molecule has 0 aliphatic heterocycles. The maximum absolute atomic E-state index is 12.1. The third kappa shape index (κ3) is 4.49. The summed E-state index contributed by atoms with van der Waals surface area (Å²) >= 11 is 1.75. The Bertz CT molecular complexity index is 561. The van der Waals surface area contributed by atoms with E-state index in [0.717, 1.165) is 12.1 Å². The van der Waals surface area contributed by atoms with Crippen LogP contribution in [0.1, 0.15) is 26.8 Å². The second-order valence-electron chi connectivity index (χ2n) is 5.41. The summed E-state index contributed by atoms with van der Waals surface area (Å²) in [7, 11) is 4.13. The molecule has 2 aromatic rings. The molecule has 0 aliphatic carbocycles. The fraction of sp³-hybridized carbons (Fsp3) is 0.353. The molecule has 0 saturated carbocycles. The molecule has 4 heteroatoms. The number of hydrogen-bond donors (Lipinski definition) is 1. The van der Waals surface area contributed by atoms with Gasteiger partial charge in [-0.3, -0.25) is 4.79 Å². The maximum atomic E-state index is 12.1. The summed E-state index contributed by atoms with van der Waals surface area (Å²) in [6.45, 7) is 3.17. The van der Waals surface area contributed by atoms with E-state index in [0.29, 0.717) is 12.6 Å². The van der Waals surface area contributed by atoms with Crippen LogP contribution in [0.4, 0.5) is 0 Å². The number of hydrogen-bond acceptors (Lipinski definition) is 4. The minimum Gasteiger partial charge on any atom is -0.308 e. The third-order valence-corrected chi connectivity index (χ3v) is 4.47. The molecule has 0 fully saturated rings. The second kappa shape index (κ2) is 7.50. The van der Waals surface area contributed by atoms with Crippen molar-refractivity contribution in [1.82, 2.24) is 10.2 Å². The lowest BCUT2D eigenvalue weighted by atomic mass is 10.1. The third-order valence-electron chi connectivity index (χ3n) is 3.49. The summed E-state index contributed by atoms with van der Waals surface area (Å²) in [5, 5.41) is 5.37. The zero-order valence-corrected chi connectivity index (χ0v) is 13.6. The van der Waals surface area contributed by atoms with E-state index in [2.05, 4.69) is 41.8 Å². The van der Waals surface area contributed by atoms with Crippen molar-refractivity contribution in [2.45, 2.75) is 13.0 Å². The number of nitrogens with zero attached hydrogens (tertiary/aromatic N) is 1. The first kappa shape index (κ1) is 15.9. The van der Waals surface area contributed by atoms with Crippen molar-refractivity contribution in [2.75, 3.05) is 27.2 Å². The summed E-state index contributed by atoms with van der Waals surface area (Å²) in [5.74, 6) is 0.138. The van der Waals surface area contributed by atoms with Gasteiger partial charge >= 0.3 is 0 Å². The Balaban J connectivity index is 1.88. The molecule has 1 N–H and O–H groups in total. The smallest absolute Gasteiger partial charge is 0.176 e. The molecule has 0 amide bonds. The number of Topliss-reactive ketones (excluding diaryl/α,β-unsaturated/α-hetero) is 1. The Morgan fingerprint density at radius 1 is 1.24 bits per heavy atom. The Labute approximate surface area is 130 Å². The number of carbonyl (C=O) groups excluding carboxylic acids is 1. The lowest BCUT2D eigenvalue weighted by Gasteiger charge is -2.23. The van der Waals surface area contributed by atoms with Crippen LogP contribution in [0.15, 0.2) is 41.8 Å². The van der Waals surface area contributed by atoms with Gasteiger partial charge in [0.1, 0.15) is 0 Å². The van der Waals surface area contributed by atoms with Crippen molar-refractivity contribution < 1.29 is 4.79 Å². The van der Waals surface area contributed by atoms with Gasteiger partial charge in [0.2, 0.25) is 0 Å². The van der Waals surface area contributed by atoms with Crippen LogP contribution in [0.25, 0.3) is 0 Å². The molecule has 1 atom stereocenters. The van der Waals surface area contributed by atoms with Crippen molar-refractivity contribution in [1.29, 1.82) is 0 Å². The first-order valence-electron chi connectivity index (χ1n) is 7.08. The minimum absolute atomic E-state index is 0.138. The van der Waals surface area contributed by atoms with Crippen LogP contribution in [0, 0.1) is 6.92 Å². The minimum atomic E-state index is 0.138. The summed E-state index contributed by atoms with van der Waals surface area (Å²) in [5.41, 5.74) is 1.94. The van der Waals surface area contributed by atoms with Gasteiger partial charge in [-0.05, 0) is 32.5 Å². The molecule has 1 unspecified atom stereocenters. The highest BCUT2D eigenvalue weighted by Gasteiger charge is 2.15. The molecule has 0 saturated heterocycles. The van der Waals surface area contributed by atoms with Crippen molar-refractivity contribution in [3.8, 4) is 0 Å². The fourth-order valence-corrected chi connectivity index (χ4v) is 3.11. The number of rotatable bonds is 7. The average molecular weight is 302 g/mol. The predicted octanol–water partition coefficient (Wildman–Crippen LogP) is 3.13. The molecule has 21 heavy (non-hydrogen) atoms. The topological polar surface area (TPSA) is 32.3 Å². The van der Waals surface area contributed by atoms with Gasteiger partial charge in [0.05, 0.1) is 12.6 Å². The molecule has 1 heterocycles. The normalized spacial score (nSPS) is 12.6. The highest BCUT2D eigenvalue weighted by molar-refractivity contribution is 7.10. The summed E-state index contributed by atoms with van der Waals surface area (Å²) in [6.07, 6.45) is 0. The van der Waals surface area contributed by atoms with Crippen molar-refractivity contribution in [3.05, 3.63) is 57.8 Å². The number of carbonyl (C=O) groups is 1. The molecule has 2 rings (SSSR count). The molecular formula is C17H22N2OS. The standard InChI is InChI=1S/C17H22N2OS/c1-13-6-8-14(9-7-13)16(20)12-18-11-15(19(2)3)17-5-4-10-21-17/h4-10,15,18H,11-12H2,1-3H3. The monoisotopic (exact) mass is 302 g/mol. The van der Waals surface area contributed by atoms with Crippen LogP contribution in [-0.2, 0) is 0 Å². The van der Waals surface area contributed by atoms with Gasteiger partial charge < -0.3 is 10.2 Å². The Hall–Kier alpha value is -1.49. The molecule has 0 aliphatic rings. The Kier molecular flexibility index (Phi) is 5.67. The predicted molar refractivity (Wildman–Crippen MR) is 89.1 cm³/mol. The highest BCUT2D eigenvalue weighted by atomic mass is 32.1. The van der Waals surface area contributed by atoms with Gasteiger partial charge in [0.25, 0.3) is 0 Å². The van der Waals surface area contributed by atoms with Crippen molar-refractivity contribution in [3.63, 3.8) is 0 Å². The molecule has 0 radical (unpaired) electrons. The number of benzene rings is 1. The Morgan fingerprint density at radius 3 is 2.52 bits per heavy atom. The lowest BCUT2D eigenvalue weighted by molar-refractivity contribution is 0.0988. The molecule has 1 aromatic heterocycles. The van der Waals surface area contributed by atoms with Crippen LogP contribution in [-0.4, -0.2) is 37.9 Å². The van der Waals surface area contributed by atoms with Crippen LogP contribution >= 0.6 is 11.3 Å². The van der Waals surface area contributed by atoms with Crippen molar-refractivity contribution >= 4 is 17.1 Å². The van der Waals surface area contributed by atoms with Crippen LogP contribution < -0.4 is 5.32 Å². The quantitative estimate of drug-likeness (QED) is 0.798. The summed E-state index contributed by atoms with van der Waals surface area (Å²) < 4.78 is 0. The highest BCUT2D eigenvalue weighted by Crippen LogP contribution is 2.22. The van der Waals surface area contributed by atoms with Gasteiger partial charge in [-0.1, -0.05) is 35.9 Å². The summed E-state index contributed by atoms with van der Waals surface area (Å²) in [6, 6.07) is 12.2. The van der Waals surface area contributed by atoms with E-state index in [1.807, 2.05) is 31.2 Å². The summed E-state index contributed by atoms with van der Waals surface area (Å²) in [4.78, 5) is 15.6. The van der Waals surface area contributed by atoms with E-state index < -0.39 is 0 Å². The number of aryl methyl sites for hydroxylation is 1. The number of likely N-dealkylation sites (N-methyl/N-ethyl adjacent to an activating group) is 1. The molecule has 0 bridgehead atoms. The van der Waals surface area contributed by atoms with Crippen LogP contribution in [0.3, 0.4) is 0 Å². The van der Waals surface area contributed by atoms with Crippen LogP contribution in [0.2, 0.25) is 0 Å². The Morgan fingerprint density at radius 2 is 1.95 bits per heavy atom. The number of nitrogens with one attached hydrogen (secondary N) is 1. The van der Waals surface area contributed by atoms with E-state index in [1.165, 1.54) is 10.4 Å². The SMILES string of the molecule is Cc1ccc(C(=O)CNCC(c2cccs2)N(C)C)cc1. The maximum Gasteiger partial charge on any atom is 0.176 e. The molecule has 0 spiro atoms.